The Bertz CT molecular complexity index is 346. The summed E-state index contributed by atoms with van der Waals surface area (Å²) in [5.74, 6) is 1.30. The minimum atomic E-state index is 0.216. The Morgan fingerprint density at radius 1 is 1.16 bits per heavy atom. The lowest BCUT2D eigenvalue weighted by molar-refractivity contribution is -0.138. The third-order valence-electron chi connectivity index (χ3n) is 5.48. The molecule has 3 aliphatic rings. The fourth-order valence-electron chi connectivity index (χ4n) is 4.35. The zero-order chi connectivity index (χ0) is 13.4. The summed E-state index contributed by atoms with van der Waals surface area (Å²) in [5.41, 5.74) is 5.94. The summed E-state index contributed by atoms with van der Waals surface area (Å²) < 4.78 is 0. The van der Waals surface area contributed by atoms with E-state index in [4.69, 9.17) is 5.73 Å². The lowest BCUT2D eigenvalue weighted by Crippen LogP contribution is -2.54. The Morgan fingerprint density at radius 3 is 2.74 bits per heavy atom. The number of amides is 1. The van der Waals surface area contributed by atoms with Crippen molar-refractivity contribution < 1.29 is 4.79 Å². The Morgan fingerprint density at radius 2 is 2.00 bits per heavy atom. The van der Waals surface area contributed by atoms with Gasteiger partial charge in [0.05, 0.1) is 0 Å². The fraction of sp³-hybridized carbons (Fsp3) is 0.933. The summed E-state index contributed by atoms with van der Waals surface area (Å²) in [6.07, 6.45) is 6.68. The molecule has 0 spiro atoms. The van der Waals surface area contributed by atoms with Gasteiger partial charge in [-0.1, -0.05) is 0 Å². The predicted octanol–water partition coefficient (Wildman–Crippen LogP) is 1.06. The first-order valence-electron chi connectivity index (χ1n) is 7.89. The van der Waals surface area contributed by atoms with Crippen molar-refractivity contribution in [3.05, 3.63) is 0 Å². The number of likely N-dealkylation sites (tertiary alicyclic amines) is 2. The van der Waals surface area contributed by atoms with Crippen molar-refractivity contribution >= 4 is 5.91 Å². The van der Waals surface area contributed by atoms with Crippen LogP contribution < -0.4 is 5.73 Å². The van der Waals surface area contributed by atoms with Gasteiger partial charge in [0.25, 0.3) is 0 Å². The monoisotopic (exact) mass is 265 g/mol. The summed E-state index contributed by atoms with van der Waals surface area (Å²) >= 11 is 0. The number of hydrogen-bond donors (Lipinski definition) is 1. The van der Waals surface area contributed by atoms with Crippen LogP contribution in [0.2, 0.25) is 0 Å². The zero-order valence-corrected chi connectivity index (χ0v) is 12.1. The lowest BCUT2D eigenvalue weighted by Gasteiger charge is -2.46. The highest BCUT2D eigenvalue weighted by molar-refractivity contribution is 5.79. The lowest BCUT2D eigenvalue weighted by atomic mass is 9.84. The van der Waals surface area contributed by atoms with Crippen LogP contribution in [0.4, 0.5) is 0 Å². The predicted molar refractivity (Wildman–Crippen MR) is 75.7 cm³/mol. The molecule has 0 aromatic carbocycles. The van der Waals surface area contributed by atoms with E-state index in [1.165, 1.54) is 19.4 Å². The molecular formula is C15H27N3O. The molecule has 3 rings (SSSR count). The first-order valence-corrected chi connectivity index (χ1v) is 7.89. The average molecular weight is 265 g/mol. The van der Waals surface area contributed by atoms with E-state index in [-0.39, 0.29) is 12.0 Å². The van der Waals surface area contributed by atoms with Gasteiger partial charge in [-0.3, -0.25) is 4.79 Å². The van der Waals surface area contributed by atoms with Gasteiger partial charge in [0, 0.05) is 31.1 Å². The van der Waals surface area contributed by atoms with Crippen LogP contribution in [0.15, 0.2) is 0 Å². The molecule has 4 unspecified atom stereocenters. The normalized spacial score (nSPS) is 40.2. The molecule has 0 bridgehead atoms. The van der Waals surface area contributed by atoms with E-state index in [0.29, 0.717) is 17.9 Å². The van der Waals surface area contributed by atoms with Gasteiger partial charge in [-0.25, -0.2) is 0 Å². The van der Waals surface area contributed by atoms with E-state index in [0.717, 1.165) is 38.8 Å². The number of fused-ring (bicyclic) bond motifs is 1. The summed E-state index contributed by atoms with van der Waals surface area (Å²) in [6.45, 7) is 3.17. The molecular weight excluding hydrogens is 238 g/mol. The Hall–Kier alpha value is -0.610. The number of rotatable bonds is 1. The molecule has 0 aromatic rings. The molecule has 3 fully saturated rings. The van der Waals surface area contributed by atoms with Gasteiger partial charge < -0.3 is 15.5 Å². The highest BCUT2D eigenvalue weighted by atomic mass is 16.2. The molecule has 1 aliphatic carbocycles. The third kappa shape index (κ3) is 2.65. The molecule has 19 heavy (non-hydrogen) atoms. The van der Waals surface area contributed by atoms with Gasteiger partial charge in [-0.15, -0.1) is 0 Å². The van der Waals surface area contributed by atoms with E-state index >= 15 is 0 Å². The van der Waals surface area contributed by atoms with Gasteiger partial charge in [0.2, 0.25) is 5.91 Å². The smallest absolute Gasteiger partial charge is 0.225 e. The van der Waals surface area contributed by atoms with E-state index in [1.807, 2.05) is 0 Å². The van der Waals surface area contributed by atoms with E-state index in [1.54, 1.807) is 0 Å². The molecule has 4 heteroatoms. The van der Waals surface area contributed by atoms with Crippen LogP contribution >= 0.6 is 0 Å². The molecule has 1 saturated carbocycles. The quantitative estimate of drug-likeness (QED) is 0.771. The van der Waals surface area contributed by atoms with Crippen molar-refractivity contribution in [1.29, 1.82) is 0 Å². The van der Waals surface area contributed by atoms with Crippen molar-refractivity contribution in [3.8, 4) is 0 Å². The molecule has 2 N–H and O–H groups in total. The van der Waals surface area contributed by atoms with E-state index in [2.05, 4.69) is 16.8 Å². The van der Waals surface area contributed by atoms with Crippen molar-refractivity contribution in [2.45, 2.75) is 50.6 Å². The van der Waals surface area contributed by atoms with E-state index < -0.39 is 0 Å². The standard InChI is InChI=1S/C15H27N3O/c1-17-7-2-3-12-10-18(8-6-14(12)17)15(19)11-4-5-13(16)9-11/h11-14H,2-10,16H2,1H3. The summed E-state index contributed by atoms with van der Waals surface area (Å²) in [7, 11) is 2.24. The molecule has 0 aromatic heterocycles. The number of hydrogen-bond acceptors (Lipinski definition) is 3. The van der Waals surface area contributed by atoms with Crippen LogP contribution in [0, 0.1) is 11.8 Å². The maximum Gasteiger partial charge on any atom is 0.225 e. The minimum absolute atomic E-state index is 0.216. The molecule has 2 heterocycles. The van der Waals surface area contributed by atoms with Crippen molar-refractivity contribution in [2.75, 3.05) is 26.7 Å². The average Bonchev–Trinajstić information content (AvgIpc) is 2.84. The van der Waals surface area contributed by atoms with Crippen LogP contribution in [-0.4, -0.2) is 54.5 Å². The molecule has 0 radical (unpaired) electrons. The molecule has 2 aliphatic heterocycles. The first kappa shape index (κ1) is 13.4. The summed E-state index contributed by atoms with van der Waals surface area (Å²) in [6, 6.07) is 0.968. The summed E-state index contributed by atoms with van der Waals surface area (Å²) in [5, 5.41) is 0. The molecule has 108 valence electrons. The second kappa shape index (κ2) is 5.41. The van der Waals surface area contributed by atoms with Crippen LogP contribution in [-0.2, 0) is 4.79 Å². The van der Waals surface area contributed by atoms with Gasteiger partial charge >= 0.3 is 0 Å². The first-order chi connectivity index (χ1) is 9.15. The van der Waals surface area contributed by atoms with Crippen LogP contribution in [0.25, 0.3) is 0 Å². The summed E-state index contributed by atoms with van der Waals surface area (Å²) in [4.78, 5) is 17.2. The fourth-order valence-corrected chi connectivity index (χ4v) is 4.35. The van der Waals surface area contributed by atoms with Crippen LogP contribution in [0.5, 0.6) is 0 Å². The van der Waals surface area contributed by atoms with E-state index in [9.17, 15) is 4.79 Å². The maximum absolute atomic E-state index is 12.6. The van der Waals surface area contributed by atoms with Gasteiger partial charge in [-0.2, -0.15) is 0 Å². The second-order valence-corrected chi connectivity index (χ2v) is 6.79. The maximum atomic E-state index is 12.6. The second-order valence-electron chi connectivity index (χ2n) is 6.79. The van der Waals surface area contributed by atoms with Crippen LogP contribution in [0.3, 0.4) is 0 Å². The number of piperidine rings is 2. The largest absolute Gasteiger partial charge is 0.342 e. The number of carbonyl (C=O) groups is 1. The Kier molecular flexibility index (Phi) is 3.81. The Labute approximate surface area is 116 Å². The topological polar surface area (TPSA) is 49.6 Å². The van der Waals surface area contributed by atoms with Gasteiger partial charge in [-0.05, 0) is 58.0 Å². The SMILES string of the molecule is CN1CCCC2CN(C(=O)C3CCC(N)C3)CCC21. The zero-order valence-electron chi connectivity index (χ0n) is 12.1. The number of carbonyl (C=O) groups excluding carboxylic acids is 1. The van der Waals surface area contributed by atoms with Gasteiger partial charge in [0.15, 0.2) is 0 Å². The van der Waals surface area contributed by atoms with Crippen LogP contribution in [0.1, 0.15) is 38.5 Å². The molecule has 1 amide bonds. The minimum Gasteiger partial charge on any atom is -0.342 e. The number of nitrogens with zero attached hydrogens (tertiary/aromatic N) is 2. The number of nitrogens with two attached hydrogens (primary N) is 1. The third-order valence-corrected chi connectivity index (χ3v) is 5.48. The van der Waals surface area contributed by atoms with Crippen molar-refractivity contribution in [1.82, 2.24) is 9.80 Å². The van der Waals surface area contributed by atoms with Gasteiger partial charge in [0.1, 0.15) is 0 Å². The highest BCUT2D eigenvalue weighted by Crippen LogP contribution is 2.32. The van der Waals surface area contributed by atoms with Crippen molar-refractivity contribution in [2.24, 2.45) is 17.6 Å². The Balaban J connectivity index is 1.60. The molecule has 4 nitrogen and oxygen atoms in total. The molecule has 2 saturated heterocycles. The highest BCUT2D eigenvalue weighted by Gasteiger charge is 2.38. The molecule has 4 atom stereocenters. The van der Waals surface area contributed by atoms with Crippen molar-refractivity contribution in [3.63, 3.8) is 0 Å².